The Morgan fingerprint density at radius 2 is 0.890 bits per heavy atom. The van der Waals surface area contributed by atoms with Gasteiger partial charge in [0.2, 0.25) is 0 Å². The van der Waals surface area contributed by atoms with Crippen molar-refractivity contribution in [1.29, 1.82) is 10.5 Å². The maximum absolute atomic E-state index is 12.5. The Kier molecular flexibility index (Phi) is 8.02. The number of para-hydroxylation sites is 5. The van der Waals surface area contributed by atoms with E-state index in [0.29, 0.717) is 28.2 Å². The Morgan fingerprint density at radius 1 is 0.384 bits per heavy atom. The standard InChI is InChI=1S/C66H37N5O2/c67-36-51-64(71-57-33-39-16-2-1-15-38(39)31-47(57)48-35-62-50(34-58(48)71)46-22-8-14-28-60(46)73-62)52(37-68)66(70-55-25-11-5-19-43(55)44-20-6-12-26-56(44)70)63(40-29-30-61-49(32-40)45-21-7-13-27-59(45)72-61)65(51)69-53-23-9-3-17-41(53)42-18-4-10-24-54(42)69/h1-5,7-19,21-35H,6,20H2. The molecular formula is C66H37N5O2. The van der Waals surface area contributed by atoms with E-state index >= 15 is 0 Å². The zero-order chi connectivity index (χ0) is 48.1. The van der Waals surface area contributed by atoms with Gasteiger partial charge in [-0.1, -0.05) is 127 Å². The predicted molar refractivity (Wildman–Crippen MR) is 296 cm³/mol. The summed E-state index contributed by atoms with van der Waals surface area (Å²) in [6.45, 7) is 0. The molecule has 0 amide bonds. The number of aromatic nitrogens is 3. The number of nitriles is 2. The first-order valence-corrected chi connectivity index (χ1v) is 24.7. The summed E-state index contributed by atoms with van der Waals surface area (Å²) in [7, 11) is 0. The lowest BCUT2D eigenvalue weighted by atomic mass is 9.90. The number of nitrogens with zero attached hydrogens (tertiary/aromatic N) is 5. The van der Waals surface area contributed by atoms with E-state index in [1.54, 1.807) is 0 Å². The maximum Gasteiger partial charge on any atom is 0.136 e. The van der Waals surface area contributed by atoms with Crippen molar-refractivity contribution in [3.8, 4) is 40.3 Å². The van der Waals surface area contributed by atoms with Crippen LogP contribution < -0.4 is 0 Å². The van der Waals surface area contributed by atoms with Gasteiger partial charge in [0.1, 0.15) is 45.6 Å². The summed E-state index contributed by atoms with van der Waals surface area (Å²) in [5.74, 6) is 0. The first kappa shape index (κ1) is 39.7. The van der Waals surface area contributed by atoms with Crippen LogP contribution in [0.3, 0.4) is 0 Å². The second-order valence-electron chi connectivity index (χ2n) is 19.2. The quantitative estimate of drug-likeness (QED) is 0.176. The third kappa shape index (κ3) is 5.35. The zero-order valence-electron chi connectivity index (χ0n) is 39.0. The molecule has 7 nitrogen and oxygen atoms in total. The summed E-state index contributed by atoms with van der Waals surface area (Å²) in [4.78, 5) is 0. The fourth-order valence-corrected chi connectivity index (χ4v) is 12.5. The average Bonchev–Trinajstić information content (AvgIpc) is 4.24. The molecule has 73 heavy (non-hydrogen) atoms. The van der Waals surface area contributed by atoms with Gasteiger partial charge in [-0.3, -0.25) is 0 Å². The number of hydrogen-bond donors (Lipinski definition) is 0. The first-order chi connectivity index (χ1) is 36.1. The van der Waals surface area contributed by atoms with Crippen molar-refractivity contribution in [2.45, 2.75) is 12.8 Å². The molecule has 10 aromatic carbocycles. The minimum absolute atomic E-state index is 0.365. The first-order valence-electron chi connectivity index (χ1n) is 24.7. The normalized spacial score (nSPS) is 12.7. The molecule has 0 aliphatic heterocycles. The lowest BCUT2D eigenvalue weighted by Crippen LogP contribution is -2.15. The summed E-state index contributed by atoms with van der Waals surface area (Å²) >= 11 is 0. The third-order valence-electron chi connectivity index (χ3n) is 15.5. The van der Waals surface area contributed by atoms with Crippen LogP contribution in [0.5, 0.6) is 0 Å². The van der Waals surface area contributed by atoms with Gasteiger partial charge in [0, 0.05) is 59.7 Å². The largest absolute Gasteiger partial charge is 0.456 e. The van der Waals surface area contributed by atoms with Crippen molar-refractivity contribution in [3.63, 3.8) is 0 Å². The highest BCUT2D eigenvalue weighted by molar-refractivity contribution is 6.20. The monoisotopic (exact) mass is 931 g/mol. The van der Waals surface area contributed by atoms with E-state index in [-0.39, 0.29) is 0 Å². The van der Waals surface area contributed by atoms with Crippen LogP contribution in [0.25, 0.3) is 143 Å². The molecule has 0 N–H and O–H groups in total. The van der Waals surface area contributed by atoms with E-state index in [9.17, 15) is 10.5 Å². The van der Waals surface area contributed by atoms with Gasteiger partial charge in [0.05, 0.1) is 44.6 Å². The Labute approximate surface area is 416 Å². The molecule has 16 rings (SSSR count). The van der Waals surface area contributed by atoms with Gasteiger partial charge in [0.15, 0.2) is 0 Å². The molecular weight excluding hydrogens is 895 g/mol. The number of benzene rings is 10. The SMILES string of the molecule is N#Cc1c(-n2c3c(c4ccccc42)CCC=C3)c(-c2ccc3oc4ccccc4c3c2)c(-n2c3ccccc3c3ccccc32)c(C#N)c1-n1c2cc3ccccc3cc2c2cc3oc4ccccc4c3cc21. The van der Waals surface area contributed by atoms with Gasteiger partial charge < -0.3 is 22.5 Å². The minimum Gasteiger partial charge on any atom is -0.456 e. The highest BCUT2D eigenvalue weighted by Crippen LogP contribution is 2.50. The van der Waals surface area contributed by atoms with Crippen LogP contribution in [0.2, 0.25) is 0 Å². The number of allylic oxidation sites excluding steroid dienone is 1. The van der Waals surface area contributed by atoms with E-state index < -0.39 is 0 Å². The van der Waals surface area contributed by atoms with Crippen LogP contribution in [-0.2, 0) is 6.42 Å². The summed E-state index contributed by atoms with van der Waals surface area (Å²) < 4.78 is 19.9. The number of furan rings is 2. The number of aryl methyl sites for hydroxylation is 1. The van der Waals surface area contributed by atoms with Crippen LogP contribution in [0.4, 0.5) is 0 Å². The molecule has 1 aliphatic carbocycles. The van der Waals surface area contributed by atoms with Gasteiger partial charge in [0.25, 0.3) is 0 Å². The molecule has 5 heterocycles. The third-order valence-corrected chi connectivity index (χ3v) is 15.5. The fourth-order valence-electron chi connectivity index (χ4n) is 12.5. The van der Waals surface area contributed by atoms with E-state index in [1.807, 2.05) is 42.5 Å². The highest BCUT2D eigenvalue weighted by atomic mass is 16.3. The predicted octanol–water partition coefficient (Wildman–Crippen LogP) is 17.1. The summed E-state index contributed by atoms with van der Waals surface area (Å²) in [6.07, 6.45) is 6.22. The van der Waals surface area contributed by atoms with Crippen molar-refractivity contribution in [1.82, 2.24) is 13.7 Å². The molecule has 5 aromatic heterocycles. The van der Waals surface area contributed by atoms with Crippen LogP contribution in [0, 0.1) is 22.7 Å². The average molecular weight is 932 g/mol. The van der Waals surface area contributed by atoms with Gasteiger partial charge in [-0.15, -0.1) is 0 Å². The minimum atomic E-state index is 0.365. The molecule has 338 valence electrons. The van der Waals surface area contributed by atoms with Crippen LogP contribution in [-0.4, -0.2) is 13.7 Å². The van der Waals surface area contributed by atoms with E-state index in [2.05, 4.69) is 184 Å². The van der Waals surface area contributed by atoms with Gasteiger partial charge in [-0.25, -0.2) is 0 Å². The van der Waals surface area contributed by atoms with Crippen LogP contribution in [0.15, 0.2) is 203 Å². The molecule has 0 saturated carbocycles. The highest BCUT2D eigenvalue weighted by Gasteiger charge is 2.34. The van der Waals surface area contributed by atoms with Crippen molar-refractivity contribution in [3.05, 3.63) is 217 Å². The second-order valence-corrected chi connectivity index (χ2v) is 19.2. The van der Waals surface area contributed by atoms with Gasteiger partial charge in [-0.05, 0) is 108 Å². The zero-order valence-corrected chi connectivity index (χ0v) is 39.0. The van der Waals surface area contributed by atoms with Crippen molar-refractivity contribution in [2.75, 3.05) is 0 Å². The topological polar surface area (TPSA) is 88.6 Å². The van der Waals surface area contributed by atoms with Crippen molar-refractivity contribution >= 4 is 115 Å². The second kappa shape index (κ2) is 14.7. The lowest BCUT2D eigenvalue weighted by molar-refractivity contribution is 0.669. The molecule has 15 aromatic rings. The molecule has 0 radical (unpaired) electrons. The summed E-state index contributed by atoms with van der Waals surface area (Å²) in [6, 6.07) is 71.0. The Bertz CT molecular complexity index is 5020. The van der Waals surface area contributed by atoms with E-state index in [0.717, 1.165) is 139 Å². The maximum atomic E-state index is 12.5. The summed E-state index contributed by atoms with van der Waals surface area (Å²) in [5.41, 5.74) is 14.2. The number of hydrogen-bond acceptors (Lipinski definition) is 4. The molecule has 0 fully saturated rings. The van der Waals surface area contributed by atoms with E-state index in [4.69, 9.17) is 8.83 Å². The lowest BCUT2D eigenvalue weighted by Gasteiger charge is -2.27. The Morgan fingerprint density at radius 3 is 1.58 bits per heavy atom. The fraction of sp³-hybridized carbons (Fsp3) is 0.0303. The van der Waals surface area contributed by atoms with E-state index in [1.165, 1.54) is 5.56 Å². The summed E-state index contributed by atoms with van der Waals surface area (Å²) in [5, 5.41) is 36.1. The van der Waals surface area contributed by atoms with Crippen LogP contribution in [0.1, 0.15) is 28.8 Å². The van der Waals surface area contributed by atoms with Crippen molar-refractivity contribution < 1.29 is 8.83 Å². The Balaban J connectivity index is 1.20. The van der Waals surface area contributed by atoms with Gasteiger partial charge in [-0.2, -0.15) is 10.5 Å². The smallest absolute Gasteiger partial charge is 0.136 e. The van der Waals surface area contributed by atoms with Crippen molar-refractivity contribution in [2.24, 2.45) is 0 Å². The molecule has 0 spiro atoms. The van der Waals surface area contributed by atoms with Gasteiger partial charge >= 0.3 is 0 Å². The van der Waals surface area contributed by atoms with Crippen LogP contribution >= 0.6 is 0 Å². The molecule has 0 atom stereocenters. The number of rotatable bonds is 4. The molecule has 0 bridgehead atoms. The molecule has 0 saturated heterocycles. The molecule has 1 aliphatic rings. The molecule has 7 heteroatoms. The number of fused-ring (bicyclic) bond motifs is 16. The Hall–Kier alpha value is -10.1. The molecule has 0 unspecified atom stereocenters.